The van der Waals surface area contributed by atoms with Crippen LogP contribution < -0.4 is 5.32 Å². The molecule has 0 bridgehead atoms. The summed E-state index contributed by atoms with van der Waals surface area (Å²) in [5, 5.41) is 4.98. The fraction of sp³-hybridized carbons (Fsp3) is 0.600. The number of nitrogens with one attached hydrogen (secondary N) is 1. The van der Waals surface area contributed by atoms with Crippen LogP contribution in [0.25, 0.3) is 0 Å². The van der Waals surface area contributed by atoms with Gasteiger partial charge in [-0.3, -0.25) is 0 Å². The average molecular weight is 300 g/mol. The molecule has 4 heteroatoms. The molecule has 19 heavy (non-hydrogen) atoms. The minimum atomic E-state index is 0.177. The molecule has 2 nitrogen and oxygen atoms in total. The molecule has 104 valence electrons. The van der Waals surface area contributed by atoms with Crippen LogP contribution in [-0.2, 0) is 11.2 Å². The van der Waals surface area contributed by atoms with Gasteiger partial charge in [0.05, 0.1) is 16.7 Å². The van der Waals surface area contributed by atoms with E-state index in [2.05, 4.69) is 11.4 Å². The molecule has 1 heterocycles. The lowest BCUT2D eigenvalue weighted by molar-refractivity contribution is 0.149. The zero-order valence-electron chi connectivity index (χ0n) is 10.9. The smallest absolute Gasteiger partial charge is 0.0624 e. The summed E-state index contributed by atoms with van der Waals surface area (Å²) < 4.78 is 5.64. The van der Waals surface area contributed by atoms with Gasteiger partial charge in [-0.2, -0.15) is 0 Å². The van der Waals surface area contributed by atoms with E-state index in [0.717, 1.165) is 44.2 Å². The quantitative estimate of drug-likeness (QED) is 0.895. The number of hydrogen-bond donors (Lipinski definition) is 1. The van der Waals surface area contributed by atoms with E-state index in [9.17, 15) is 0 Å². The van der Waals surface area contributed by atoms with E-state index < -0.39 is 0 Å². The van der Waals surface area contributed by atoms with Crippen LogP contribution in [0.3, 0.4) is 0 Å². The van der Waals surface area contributed by atoms with Crippen LogP contribution in [0.2, 0.25) is 10.0 Å². The zero-order valence-corrected chi connectivity index (χ0v) is 12.4. The van der Waals surface area contributed by atoms with Gasteiger partial charge in [-0.15, -0.1) is 0 Å². The van der Waals surface area contributed by atoms with Crippen LogP contribution in [-0.4, -0.2) is 25.8 Å². The third kappa shape index (κ3) is 3.25. The molecule has 1 aromatic carbocycles. The minimum absolute atomic E-state index is 0.177. The molecule has 2 fully saturated rings. The van der Waals surface area contributed by atoms with Gasteiger partial charge in [-0.05, 0) is 37.3 Å². The molecule has 0 spiro atoms. The first-order valence-electron chi connectivity index (χ1n) is 6.93. The maximum absolute atomic E-state index is 6.32. The molecular formula is C15H19Cl2NO. The van der Waals surface area contributed by atoms with E-state index in [-0.39, 0.29) is 5.41 Å². The predicted octanol–water partition coefficient (Wildman–Crippen LogP) is 3.69. The summed E-state index contributed by atoms with van der Waals surface area (Å²) in [4.78, 5) is 0. The fourth-order valence-electron chi connectivity index (χ4n) is 2.73. The second-order valence-electron chi connectivity index (χ2n) is 5.85. The van der Waals surface area contributed by atoms with Gasteiger partial charge in [-0.1, -0.05) is 35.3 Å². The van der Waals surface area contributed by atoms with E-state index in [1.165, 1.54) is 12.8 Å². The van der Waals surface area contributed by atoms with Crippen LogP contribution in [0, 0.1) is 5.41 Å². The zero-order chi connectivity index (χ0) is 13.3. The molecule has 2 aliphatic rings. The summed E-state index contributed by atoms with van der Waals surface area (Å²) in [6.07, 6.45) is 4.66. The van der Waals surface area contributed by atoms with Crippen LogP contribution in [0.4, 0.5) is 0 Å². The van der Waals surface area contributed by atoms with Gasteiger partial charge in [0, 0.05) is 24.6 Å². The van der Waals surface area contributed by atoms with E-state index in [0.29, 0.717) is 10.0 Å². The Morgan fingerprint density at radius 2 is 2.16 bits per heavy atom. The van der Waals surface area contributed by atoms with Gasteiger partial charge in [-0.25, -0.2) is 0 Å². The van der Waals surface area contributed by atoms with Crippen molar-refractivity contribution in [2.75, 3.05) is 19.8 Å². The van der Waals surface area contributed by atoms with Crippen molar-refractivity contribution in [2.45, 2.75) is 31.7 Å². The van der Waals surface area contributed by atoms with Gasteiger partial charge < -0.3 is 10.1 Å². The molecule has 1 unspecified atom stereocenters. The van der Waals surface area contributed by atoms with Crippen molar-refractivity contribution in [3.8, 4) is 0 Å². The first-order valence-corrected chi connectivity index (χ1v) is 7.68. The topological polar surface area (TPSA) is 21.3 Å². The van der Waals surface area contributed by atoms with Gasteiger partial charge in [0.15, 0.2) is 0 Å². The van der Waals surface area contributed by atoms with Crippen molar-refractivity contribution in [3.05, 3.63) is 33.8 Å². The van der Waals surface area contributed by atoms with E-state index in [1.54, 1.807) is 0 Å². The summed E-state index contributed by atoms with van der Waals surface area (Å²) in [7, 11) is 0. The second-order valence-corrected chi connectivity index (χ2v) is 6.63. The van der Waals surface area contributed by atoms with Crippen molar-refractivity contribution in [1.29, 1.82) is 0 Å². The Balaban J connectivity index is 1.74. The maximum atomic E-state index is 6.32. The van der Waals surface area contributed by atoms with Crippen LogP contribution in [0.15, 0.2) is 18.2 Å². The van der Waals surface area contributed by atoms with Crippen LogP contribution >= 0.6 is 23.2 Å². The summed E-state index contributed by atoms with van der Waals surface area (Å²) >= 11 is 12.4. The van der Waals surface area contributed by atoms with E-state index >= 15 is 0 Å². The monoisotopic (exact) mass is 299 g/mol. The highest BCUT2D eigenvalue weighted by Gasteiger charge is 2.37. The lowest BCUT2D eigenvalue weighted by atomic mass is 9.80. The third-order valence-corrected chi connectivity index (χ3v) is 4.98. The number of benzene rings is 1. The average Bonchev–Trinajstić information content (AvgIpc) is 3.13. The molecular weight excluding hydrogens is 281 g/mol. The van der Waals surface area contributed by atoms with Gasteiger partial charge in [0.25, 0.3) is 0 Å². The van der Waals surface area contributed by atoms with Crippen LogP contribution in [0.1, 0.15) is 24.8 Å². The molecule has 1 saturated carbocycles. The number of ether oxygens (including phenoxy) is 1. The summed E-state index contributed by atoms with van der Waals surface area (Å²) in [6.45, 7) is 2.68. The molecule has 1 saturated heterocycles. The summed E-state index contributed by atoms with van der Waals surface area (Å²) in [5.41, 5.74) is 1.31. The van der Waals surface area contributed by atoms with Gasteiger partial charge in [0.1, 0.15) is 0 Å². The normalized spacial score (nSPS) is 26.8. The number of halogens is 2. The minimum Gasteiger partial charge on any atom is -0.381 e. The highest BCUT2D eigenvalue weighted by molar-refractivity contribution is 6.42. The molecule has 1 atom stereocenters. The molecule has 1 N–H and O–H groups in total. The summed E-state index contributed by atoms with van der Waals surface area (Å²) in [6, 6.07) is 6.62. The van der Waals surface area contributed by atoms with Crippen LogP contribution in [0.5, 0.6) is 0 Å². The molecule has 0 amide bonds. The Kier molecular flexibility index (Phi) is 4.04. The Morgan fingerprint density at radius 3 is 2.84 bits per heavy atom. The summed E-state index contributed by atoms with van der Waals surface area (Å²) in [5.74, 6) is 0. The van der Waals surface area contributed by atoms with Crippen molar-refractivity contribution in [2.24, 2.45) is 5.41 Å². The number of hydrogen-bond acceptors (Lipinski definition) is 2. The maximum Gasteiger partial charge on any atom is 0.0624 e. The lowest BCUT2D eigenvalue weighted by Gasteiger charge is -2.28. The van der Waals surface area contributed by atoms with E-state index in [4.69, 9.17) is 27.9 Å². The molecule has 1 aliphatic heterocycles. The molecule has 1 aliphatic carbocycles. The van der Waals surface area contributed by atoms with Crippen molar-refractivity contribution in [1.82, 2.24) is 5.32 Å². The fourth-order valence-corrected chi connectivity index (χ4v) is 3.12. The third-order valence-electron chi connectivity index (χ3n) is 4.13. The Bertz CT molecular complexity index is 453. The van der Waals surface area contributed by atoms with Gasteiger partial charge in [0.2, 0.25) is 0 Å². The van der Waals surface area contributed by atoms with Gasteiger partial charge >= 0.3 is 0 Å². The Morgan fingerprint density at radius 1 is 1.32 bits per heavy atom. The first kappa shape index (κ1) is 13.7. The molecule has 1 aromatic rings. The van der Waals surface area contributed by atoms with Crippen molar-refractivity contribution < 1.29 is 4.74 Å². The first-order chi connectivity index (χ1) is 9.19. The molecule has 0 radical (unpaired) electrons. The highest BCUT2D eigenvalue weighted by atomic mass is 35.5. The van der Waals surface area contributed by atoms with Crippen molar-refractivity contribution >= 4 is 23.2 Å². The molecule has 3 rings (SSSR count). The Labute approximate surface area is 124 Å². The standard InChI is InChI=1S/C15H19Cl2NO/c16-13-3-1-2-11(14(13)17)8-15(6-7-19-10-15)9-18-12-4-5-12/h1-3,12,18H,4-10H2. The predicted molar refractivity (Wildman–Crippen MR) is 79.1 cm³/mol. The highest BCUT2D eigenvalue weighted by Crippen LogP contribution is 2.37. The largest absolute Gasteiger partial charge is 0.381 e. The SMILES string of the molecule is Clc1cccc(CC2(CNC3CC3)CCOC2)c1Cl. The lowest BCUT2D eigenvalue weighted by Crippen LogP contribution is -2.37. The second kappa shape index (κ2) is 5.61. The number of rotatable bonds is 5. The van der Waals surface area contributed by atoms with E-state index in [1.807, 2.05) is 12.1 Å². The molecule has 0 aromatic heterocycles. The Hall–Kier alpha value is -0.280. The van der Waals surface area contributed by atoms with Crippen molar-refractivity contribution in [3.63, 3.8) is 0 Å².